The van der Waals surface area contributed by atoms with Crippen LogP contribution in [-0.2, 0) is 9.59 Å². The molecular weight excluding hydrogens is 479 g/mol. The first kappa shape index (κ1) is 22.5. The number of hydrogen-bond acceptors (Lipinski definition) is 4. The molecule has 162 valence electrons. The minimum absolute atomic E-state index is 0.0168. The van der Waals surface area contributed by atoms with E-state index in [4.69, 9.17) is 34.8 Å². The zero-order chi connectivity index (χ0) is 22.1. The molecule has 1 atom stereocenters. The second-order valence-corrected chi connectivity index (χ2v) is 10.1. The molecule has 5 nitrogen and oxygen atoms in total. The van der Waals surface area contributed by atoms with E-state index in [0.29, 0.717) is 52.2 Å². The van der Waals surface area contributed by atoms with Gasteiger partial charge in [0, 0.05) is 40.9 Å². The molecule has 2 aliphatic rings. The molecule has 1 fully saturated rings. The van der Waals surface area contributed by atoms with Gasteiger partial charge in [-0.1, -0.05) is 34.8 Å². The summed E-state index contributed by atoms with van der Waals surface area (Å²) in [6, 6.07) is 10.2. The van der Waals surface area contributed by atoms with E-state index in [9.17, 15) is 14.4 Å². The van der Waals surface area contributed by atoms with Gasteiger partial charge in [0.25, 0.3) is 0 Å². The van der Waals surface area contributed by atoms with Crippen molar-refractivity contribution in [3.05, 3.63) is 57.0 Å². The molecule has 0 radical (unpaired) electrons. The fourth-order valence-corrected chi connectivity index (χ4v) is 5.37. The van der Waals surface area contributed by atoms with Gasteiger partial charge in [-0.05, 0) is 49.2 Å². The fourth-order valence-electron chi connectivity index (χ4n) is 3.82. The van der Waals surface area contributed by atoms with Gasteiger partial charge in [-0.3, -0.25) is 14.4 Å². The summed E-state index contributed by atoms with van der Waals surface area (Å²) < 4.78 is 0. The zero-order valence-corrected chi connectivity index (χ0v) is 19.5. The summed E-state index contributed by atoms with van der Waals surface area (Å²) in [4.78, 5) is 40.6. The third kappa shape index (κ3) is 5.03. The standard InChI is InChI=1S/C22H19Cl3N2O3S/c23-14-2-4-18-17(10-14)26-22(30)19(31-18)11-20(28)27-7-5-12(6-8-27)21(29)13-1-3-15(24)16(25)9-13/h1-4,9-10,12,19H,5-8,11H2,(H,26,30). The molecule has 4 rings (SSSR count). The number of piperidine rings is 1. The quantitative estimate of drug-likeness (QED) is 0.561. The van der Waals surface area contributed by atoms with Gasteiger partial charge in [0.2, 0.25) is 11.8 Å². The number of benzene rings is 2. The lowest BCUT2D eigenvalue weighted by Gasteiger charge is -2.33. The number of thioether (sulfide) groups is 1. The molecule has 2 aliphatic heterocycles. The van der Waals surface area contributed by atoms with Crippen LogP contribution in [0.3, 0.4) is 0 Å². The van der Waals surface area contributed by atoms with Crippen molar-refractivity contribution in [1.82, 2.24) is 4.90 Å². The number of nitrogens with zero attached hydrogens (tertiary/aromatic N) is 1. The first-order valence-electron chi connectivity index (χ1n) is 9.86. The third-order valence-corrected chi connectivity index (χ3v) is 7.79. The minimum Gasteiger partial charge on any atom is -0.343 e. The SMILES string of the molecule is O=C(c1ccc(Cl)c(Cl)c1)C1CCN(C(=O)CC2Sc3ccc(Cl)cc3NC2=O)CC1. The number of rotatable bonds is 4. The highest BCUT2D eigenvalue weighted by atomic mass is 35.5. The van der Waals surface area contributed by atoms with Crippen LogP contribution in [0.5, 0.6) is 0 Å². The molecule has 1 saturated heterocycles. The number of likely N-dealkylation sites (tertiary alicyclic amines) is 1. The number of ketones is 1. The Morgan fingerprint density at radius 3 is 2.48 bits per heavy atom. The zero-order valence-electron chi connectivity index (χ0n) is 16.4. The number of Topliss-reactive ketones (excluding diaryl/α,β-unsaturated/α-hetero) is 1. The third-order valence-electron chi connectivity index (χ3n) is 5.54. The lowest BCUT2D eigenvalue weighted by Crippen LogP contribution is -2.42. The van der Waals surface area contributed by atoms with Crippen molar-refractivity contribution in [2.24, 2.45) is 5.92 Å². The number of fused-ring (bicyclic) bond motifs is 1. The molecule has 1 N–H and O–H groups in total. The molecule has 31 heavy (non-hydrogen) atoms. The van der Waals surface area contributed by atoms with E-state index >= 15 is 0 Å². The maximum Gasteiger partial charge on any atom is 0.238 e. The van der Waals surface area contributed by atoms with E-state index < -0.39 is 5.25 Å². The lowest BCUT2D eigenvalue weighted by molar-refractivity contribution is -0.133. The van der Waals surface area contributed by atoms with Crippen molar-refractivity contribution in [1.29, 1.82) is 0 Å². The van der Waals surface area contributed by atoms with E-state index in [1.54, 1.807) is 35.2 Å². The van der Waals surface area contributed by atoms with E-state index in [1.807, 2.05) is 6.07 Å². The smallest absolute Gasteiger partial charge is 0.238 e. The van der Waals surface area contributed by atoms with Crippen LogP contribution in [0.4, 0.5) is 5.69 Å². The summed E-state index contributed by atoms with van der Waals surface area (Å²) in [5, 5.41) is 3.65. The van der Waals surface area contributed by atoms with Gasteiger partial charge < -0.3 is 10.2 Å². The Balaban J connectivity index is 1.33. The number of hydrogen-bond donors (Lipinski definition) is 1. The Kier molecular flexibility index (Phi) is 6.82. The number of carbonyl (C=O) groups is 3. The molecule has 0 aliphatic carbocycles. The monoisotopic (exact) mass is 496 g/mol. The number of halogens is 3. The van der Waals surface area contributed by atoms with E-state index in [-0.39, 0.29) is 29.9 Å². The average molecular weight is 498 g/mol. The molecule has 2 amide bonds. The average Bonchev–Trinajstić information content (AvgIpc) is 2.76. The maximum atomic E-state index is 12.8. The molecule has 0 saturated carbocycles. The van der Waals surface area contributed by atoms with Crippen molar-refractivity contribution >= 4 is 69.8 Å². The highest BCUT2D eigenvalue weighted by molar-refractivity contribution is 8.01. The number of anilines is 1. The normalized spacial score (nSPS) is 19.0. The maximum absolute atomic E-state index is 12.8. The van der Waals surface area contributed by atoms with Crippen molar-refractivity contribution in [2.75, 3.05) is 18.4 Å². The van der Waals surface area contributed by atoms with Crippen molar-refractivity contribution in [3.63, 3.8) is 0 Å². The summed E-state index contributed by atoms with van der Waals surface area (Å²) in [6.07, 6.45) is 1.27. The summed E-state index contributed by atoms with van der Waals surface area (Å²) >= 11 is 19.3. The Morgan fingerprint density at radius 2 is 1.77 bits per heavy atom. The Bertz CT molecular complexity index is 1050. The first-order chi connectivity index (χ1) is 14.8. The molecule has 2 heterocycles. The lowest BCUT2D eigenvalue weighted by atomic mass is 9.88. The fraction of sp³-hybridized carbons (Fsp3) is 0.318. The van der Waals surface area contributed by atoms with Crippen molar-refractivity contribution in [3.8, 4) is 0 Å². The van der Waals surface area contributed by atoms with Crippen LogP contribution in [0.15, 0.2) is 41.3 Å². The van der Waals surface area contributed by atoms with Gasteiger partial charge >= 0.3 is 0 Å². The Hall–Kier alpha value is -1.73. The largest absolute Gasteiger partial charge is 0.343 e. The molecule has 9 heteroatoms. The van der Waals surface area contributed by atoms with Crippen molar-refractivity contribution in [2.45, 2.75) is 29.4 Å². The molecule has 1 unspecified atom stereocenters. The van der Waals surface area contributed by atoms with Crippen LogP contribution in [0, 0.1) is 5.92 Å². The second kappa shape index (κ2) is 9.41. The molecule has 2 aromatic carbocycles. The highest BCUT2D eigenvalue weighted by Gasteiger charge is 2.33. The summed E-state index contributed by atoms with van der Waals surface area (Å²) in [7, 11) is 0. The molecule has 2 aromatic rings. The van der Waals surface area contributed by atoms with Crippen LogP contribution < -0.4 is 5.32 Å². The van der Waals surface area contributed by atoms with Crippen LogP contribution in [0.25, 0.3) is 0 Å². The molecule has 0 aromatic heterocycles. The van der Waals surface area contributed by atoms with Gasteiger partial charge in [0.05, 0.1) is 21.0 Å². The van der Waals surface area contributed by atoms with Gasteiger partial charge in [-0.25, -0.2) is 0 Å². The van der Waals surface area contributed by atoms with Gasteiger partial charge in [0.1, 0.15) is 0 Å². The number of carbonyl (C=O) groups excluding carboxylic acids is 3. The summed E-state index contributed by atoms with van der Waals surface area (Å²) in [6.45, 7) is 0.976. The number of amides is 2. The van der Waals surface area contributed by atoms with Crippen LogP contribution in [0.2, 0.25) is 15.1 Å². The first-order valence-corrected chi connectivity index (χ1v) is 11.9. The molecule has 0 bridgehead atoms. The van der Waals surface area contributed by atoms with E-state index in [0.717, 1.165) is 4.90 Å². The van der Waals surface area contributed by atoms with Gasteiger partial charge in [-0.2, -0.15) is 0 Å². The van der Waals surface area contributed by atoms with Gasteiger partial charge in [-0.15, -0.1) is 11.8 Å². The minimum atomic E-state index is -0.489. The predicted molar refractivity (Wildman–Crippen MR) is 124 cm³/mol. The number of nitrogens with one attached hydrogen (secondary N) is 1. The van der Waals surface area contributed by atoms with Crippen LogP contribution >= 0.6 is 46.6 Å². The second-order valence-electron chi connectivity index (χ2n) is 7.59. The van der Waals surface area contributed by atoms with E-state index in [1.165, 1.54) is 11.8 Å². The summed E-state index contributed by atoms with van der Waals surface area (Å²) in [5.74, 6) is -0.420. The summed E-state index contributed by atoms with van der Waals surface area (Å²) in [5.41, 5.74) is 1.21. The van der Waals surface area contributed by atoms with Crippen molar-refractivity contribution < 1.29 is 14.4 Å². The molecular formula is C22H19Cl3N2O3S. The van der Waals surface area contributed by atoms with Gasteiger partial charge in [0.15, 0.2) is 5.78 Å². The van der Waals surface area contributed by atoms with Crippen LogP contribution in [0.1, 0.15) is 29.6 Å². The van der Waals surface area contributed by atoms with Crippen LogP contribution in [-0.4, -0.2) is 40.8 Å². The Morgan fingerprint density at radius 1 is 1.03 bits per heavy atom. The Labute approximate surface area is 199 Å². The predicted octanol–water partition coefficient (Wildman–Crippen LogP) is 5.57. The highest BCUT2D eigenvalue weighted by Crippen LogP contribution is 2.38. The molecule has 0 spiro atoms. The topological polar surface area (TPSA) is 66.5 Å². The van der Waals surface area contributed by atoms with E-state index in [2.05, 4.69) is 5.32 Å².